The highest BCUT2D eigenvalue weighted by molar-refractivity contribution is 7.90. The van der Waals surface area contributed by atoms with E-state index >= 15 is 0 Å². The van der Waals surface area contributed by atoms with Gasteiger partial charge < -0.3 is 9.73 Å². The summed E-state index contributed by atoms with van der Waals surface area (Å²) in [6.07, 6.45) is 2.44. The van der Waals surface area contributed by atoms with Gasteiger partial charge in [-0.1, -0.05) is 0 Å². The van der Waals surface area contributed by atoms with E-state index in [9.17, 15) is 18.0 Å². The van der Waals surface area contributed by atoms with E-state index in [1.165, 1.54) is 35.4 Å². The van der Waals surface area contributed by atoms with Gasteiger partial charge in [-0.2, -0.15) is 0 Å². The van der Waals surface area contributed by atoms with Crippen molar-refractivity contribution in [3.05, 3.63) is 42.4 Å². The van der Waals surface area contributed by atoms with Gasteiger partial charge in [-0.25, -0.2) is 8.42 Å². The van der Waals surface area contributed by atoms with E-state index in [4.69, 9.17) is 4.42 Å². The van der Waals surface area contributed by atoms with Gasteiger partial charge in [0.25, 0.3) is 5.91 Å². The number of anilines is 2. The number of carbonyl (C=O) groups is 2. The molecule has 1 N–H and O–H groups in total. The molecule has 0 aliphatic carbocycles. The van der Waals surface area contributed by atoms with Gasteiger partial charge in [0.15, 0.2) is 15.6 Å². The lowest BCUT2D eigenvalue weighted by Gasteiger charge is -2.28. The van der Waals surface area contributed by atoms with Gasteiger partial charge in [0.05, 0.1) is 22.5 Å². The van der Waals surface area contributed by atoms with Crippen molar-refractivity contribution in [2.24, 2.45) is 0 Å². The van der Waals surface area contributed by atoms with Crippen molar-refractivity contribution in [1.29, 1.82) is 0 Å². The summed E-state index contributed by atoms with van der Waals surface area (Å²) in [5.74, 6) is -0.765. The van der Waals surface area contributed by atoms with Crippen LogP contribution < -0.4 is 10.2 Å². The molecule has 1 aromatic carbocycles. The number of rotatable bonds is 2. The van der Waals surface area contributed by atoms with Crippen LogP contribution >= 0.6 is 0 Å². The molecule has 0 saturated carbocycles. The van der Waals surface area contributed by atoms with Crippen molar-refractivity contribution in [2.45, 2.75) is 4.90 Å². The maximum Gasteiger partial charge on any atom is 0.294 e. The number of nitrogens with zero attached hydrogens (tertiary/aromatic N) is 1. The highest BCUT2D eigenvalue weighted by Crippen LogP contribution is 2.32. The number of hydrogen-bond donors (Lipinski definition) is 1. The zero-order chi connectivity index (χ0) is 15.9. The Bertz CT molecular complexity index is 855. The van der Waals surface area contributed by atoms with Crippen LogP contribution in [0.2, 0.25) is 0 Å². The van der Waals surface area contributed by atoms with Gasteiger partial charge in [0, 0.05) is 6.26 Å². The molecule has 0 unspecified atom stereocenters. The van der Waals surface area contributed by atoms with Crippen molar-refractivity contribution in [1.82, 2.24) is 0 Å². The zero-order valence-corrected chi connectivity index (χ0v) is 12.4. The quantitative estimate of drug-likeness (QED) is 0.899. The van der Waals surface area contributed by atoms with Crippen molar-refractivity contribution in [2.75, 3.05) is 23.0 Å². The molecular weight excluding hydrogens is 308 g/mol. The summed E-state index contributed by atoms with van der Waals surface area (Å²) in [6.45, 7) is -0.162. The fourth-order valence-corrected chi connectivity index (χ4v) is 2.86. The highest BCUT2D eigenvalue weighted by atomic mass is 32.2. The first-order valence-electron chi connectivity index (χ1n) is 6.35. The molecule has 0 radical (unpaired) electrons. The largest absolute Gasteiger partial charge is 0.459 e. The van der Waals surface area contributed by atoms with Crippen LogP contribution in [0.15, 0.2) is 45.9 Å². The lowest BCUT2D eigenvalue weighted by molar-refractivity contribution is -0.115. The summed E-state index contributed by atoms with van der Waals surface area (Å²) in [5.41, 5.74) is 0.701. The Hall–Kier alpha value is -2.61. The van der Waals surface area contributed by atoms with Crippen LogP contribution in [0, 0.1) is 0 Å². The molecule has 0 bridgehead atoms. The summed E-state index contributed by atoms with van der Waals surface area (Å²) in [5, 5.41) is 2.57. The van der Waals surface area contributed by atoms with E-state index in [1.54, 1.807) is 6.07 Å². The monoisotopic (exact) mass is 320 g/mol. The molecule has 7 nitrogen and oxygen atoms in total. The maximum absolute atomic E-state index is 12.4. The fraction of sp³-hybridized carbons (Fsp3) is 0.143. The molecule has 2 amide bonds. The SMILES string of the molecule is CS(=O)(=O)c1ccc2c(c1)NC(=O)CN2C(=O)c1ccco1. The zero-order valence-electron chi connectivity index (χ0n) is 11.6. The van der Waals surface area contributed by atoms with Crippen molar-refractivity contribution in [3.8, 4) is 0 Å². The van der Waals surface area contributed by atoms with E-state index in [0.717, 1.165) is 6.26 Å². The van der Waals surface area contributed by atoms with Gasteiger partial charge in [0.2, 0.25) is 5.91 Å². The number of benzene rings is 1. The second-order valence-electron chi connectivity index (χ2n) is 4.87. The first-order valence-corrected chi connectivity index (χ1v) is 8.25. The number of carbonyl (C=O) groups excluding carboxylic acids is 2. The second-order valence-corrected chi connectivity index (χ2v) is 6.88. The first kappa shape index (κ1) is 14.3. The topological polar surface area (TPSA) is 96.7 Å². The van der Waals surface area contributed by atoms with Gasteiger partial charge in [0.1, 0.15) is 6.54 Å². The Kier molecular flexibility index (Phi) is 3.25. The second kappa shape index (κ2) is 4.99. The summed E-state index contributed by atoms with van der Waals surface area (Å²) in [6, 6.07) is 7.30. The lowest BCUT2D eigenvalue weighted by Crippen LogP contribution is -2.42. The number of furan rings is 1. The third kappa shape index (κ3) is 2.48. The molecule has 1 aliphatic heterocycles. The van der Waals surface area contributed by atoms with Crippen LogP contribution in [0.25, 0.3) is 0 Å². The molecule has 1 aromatic heterocycles. The van der Waals surface area contributed by atoms with Crippen LogP contribution in [0.1, 0.15) is 10.6 Å². The summed E-state index contributed by atoms with van der Waals surface area (Å²) >= 11 is 0. The minimum atomic E-state index is -3.41. The molecule has 0 saturated heterocycles. The van der Waals surface area contributed by atoms with Crippen LogP contribution in [0.4, 0.5) is 11.4 Å². The molecule has 2 aromatic rings. The number of sulfone groups is 1. The predicted octanol–water partition coefficient (Wildman–Crippen LogP) is 1.28. The lowest BCUT2D eigenvalue weighted by atomic mass is 10.2. The number of fused-ring (bicyclic) bond motifs is 1. The standard InChI is InChI=1S/C14H12N2O5S/c1-22(19,20)9-4-5-11-10(7-9)15-13(17)8-16(11)14(18)12-3-2-6-21-12/h2-7H,8H2,1H3,(H,15,17). The van der Waals surface area contributed by atoms with Gasteiger partial charge >= 0.3 is 0 Å². The molecule has 114 valence electrons. The Labute approximate surface area is 126 Å². The van der Waals surface area contributed by atoms with Gasteiger partial charge in [-0.15, -0.1) is 0 Å². The summed E-state index contributed by atoms with van der Waals surface area (Å²) in [7, 11) is -3.41. The molecule has 0 spiro atoms. The molecule has 2 heterocycles. The molecule has 0 fully saturated rings. The third-order valence-corrected chi connectivity index (χ3v) is 4.35. The van der Waals surface area contributed by atoms with Crippen molar-refractivity contribution >= 4 is 33.0 Å². The molecule has 3 rings (SSSR count). The van der Waals surface area contributed by atoms with Crippen LogP contribution in [0.5, 0.6) is 0 Å². The number of nitrogens with one attached hydrogen (secondary N) is 1. The Morgan fingerprint density at radius 2 is 2.09 bits per heavy atom. The van der Waals surface area contributed by atoms with Crippen molar-refractivity contribution < 1.29 is 22.4 Å². The molecule has 0 atom stereocenters. The van der Waals surface area contributed by atoms with E-state index in [0.29, 0.717) is 5.69 Å². The predicted molar refractivity (Wildman–Crippen MR) is 78.6 cm³/mol. The fourth-order valence-electron chi connectivity index (χ4n) is 2.21. The van der Waals surface area contributed by atoms with E-state index in [2.05, 4.69) is 5.32 Å². The minimum absolute atomic E-state index is 0.0684. The molecule has 22 heavy (non-hydrogen) atoms. The average Bonchev–Trinajstić information content (AvgIpc) is 2.98. The van der Waals surface area contributed by atoms with Crippen LogP contribution in [-0.4, -0.2) is 33.0 Å². The minimum Gasteiger partial charge on any atom is -0.459 e. The Morgan fingerprint density at radius 3 is 2.73 bits per heavy atom. The summed E-state index contributed by atoms with van der Waals surface area (Å²) in [4.78, 5) is 25.5. The summed E-state index contributed by atoms with van der Waals surface area (Å²) < 4.78 is 28.2. The Balaban J connectivity index is 2.07. The molecular formula is C14H12N2O5S. The van der Waals surface area contributed by atoms with Gasteiger partial charge in [-0.05, 0) is 30.3 Å². The Morgan fingerprint density at radius 1 is 1.32 bits per heavy atom. The average molecular weight is 320 g/mol. The van der Waals surface area contributed by atoms with Crippen LogP contribution in [0.3, 0.4) is 0 Å². The molecule has 1 aliphatic rings. The van der Waals surface area contributed by atoms with E-state index in [-0.39, 0.29) is 22.9 Å². The maximum atomic E-state index is 12.4. The highest BCUT2D eigenvalue weighted by Gasteiger charge is 2.29. The smallest absolute Gasteiger partial charge is 0.294 e. The normalized spacial score (nSPS) is 14.4. The first-order chi connectivity index (χ1) is 10.4. The third-order valence-electron chi connectivity index (χ3n) is 3.24. The van der Waals surface area contributed by atoms with Gasteiger partial charge in [-0.3, -0.25) is 14.5 Å². The van der Waals surface area contributed by atoms with E-state index < -0.39 is 21.7 Å². The molecule has 8 heteroatoms. The number of amides is 2. The van der Waals surface area contributed by atoms with E-state index in [1.807, 2.05) is 0 Å². The van der Waals surface area contributed by atoms with Crippen molar-refractivity contribution in [3.63, 3.8) is 0 Å². The van der Waals surface area contributed by atoms with Crippen LogP contribution in [-0.2, 0) is 14.6 Å². The number of hydrogen-bond acceptors (Lipinski definition) is 5.